The molecule has 0 bridgehead atoms. The normalized spacial score (nSPS) is 12.1. The Balaban J connectivity index is 2.37. The molecule has 1 atom stereocenters. The van der Waals surface area contributed by atoms with Crippen LogP contribution in [0.1, 0.15) is 252 Å². The van der Waals surface area contributed by atoms with E-state index in [9.17, 15) is 9.59 Å². The number of carbonyl (C=O) groups is 2. The molecule has 1 rings (SSSR count). The van der Waals surface area contributed by atoms with E-state index in [1.165, 1.54) is 135 Å². The summed E-state index contributed by atoms with van der Waals surface area (Å²) in [4.78, 5) is 28.0. The Bertz CT molecular complexity index is 1070. The van der Waals surface area contributed by atoms with Crippen molar-refractivity contribution in [2.24, 2.45) is 0 Å². The van der Waals surface area contributed by atoms with Crippen LogP contribution in [0, 0.1) is 0 Å². The van der Waals surface area contributed by atoms with E-state index < -0.39 is 0 Å². The van der Waals surface area contributed by atoms with Crippen LogP contribution in [0.15, 0.2) is 4.63 Å². The largest absolute Gasteiger partial charge is 0.462 e. The first-order valence-corrected chi connectivity index (χ1v) is 25.8. The van der Waals surface area contributed by atoms with Gasteiger partial charge >= 0.3 is 11.9 Å². The van der Waals surface area contributed by atoms with E-state index in [2.05, 4.69) is 53.5 Å². The van der Waals surface area contributed by atoms with E-state index >= 15 is 0 Å². The van der Waals surface area contributed by atoms with Gasteiger partial charge in [-0.15, -0.1) is 0 Å². The molecule has 0 fully saturated rings. The molecule has 1 heterocycles. The molecule has 10 nitrogen and oxygen atoms in total. The smallest absolute Gasteiger partial charge is 0.306 e. The van der Waals surface area contributed by atoms with Crippen LogP contribution in [-0.2, 0) is 19.1 Å². The molecule has 0 amide bonds. The third kappa shape index (κ3) is 33.3. The molecule has 0 saturated heterocycles. The summed E-state index contributed by atoms with van der Waals surface area (Å²) in [6.07, 6.45) is 40.3. The molecule has 352 valence electrons. The molecule has 0 aromatic carbocycles. The molecule has 0 aliphatic heterocycles. The van der Waals surface area contributed by atoms with Gasteiger partial charge in [-0.3, -0.25) is 9.59 Å². The van der Waals surface area contributed by atoms with E-state index in [0.29, 0.717) is 24.5 Å². The lowest BCUT2D eigenvalue weighted by Crippen LogP contribution is -2.28. The van der Waals surface area contributed by atoms with Crippen LogP contribution in [0.5, 0.6) is 0 Å². The van der Waals surface area contributed by atoms with E-state index in [-0.39, 0.29) is 24.1 Å². The van der Waals surface area contributed by atoms with Crippen LogP contribution in [0.4, 0.5) is 11.6 Å². The second-order valence-electron chi connectivity index (χ2n) is 17.7. The Hall–Kier alpha value is -2.36. The van der Waals surface area contributed by atoms with Gasteiger partial charge in [-0.2, -0.15) is 0 Å². The Labute approximate surface area is 369 Å². The average Bonchev–Trinajstić information content (AvgIpc) is 3.71. The van der Waals surface area contributed by atoms with Gasteiger partial charge < -0.3 is 25.0 Å². The second-order valence-corrected chi connectivity index (χ2v) is 17.7. The average molecular weight is 848 g/mol. The molecule has 1 unspecified atom stereocenters. The minimum absolute atomic E-state index is 0.0120. The zero-order valence-electron chi connectivity index (χ0n) is 40.1. The fourth-order valence-electron chi connectivity index (χ4n) is 8.14. The van der Waals surface area contributed by atoms with Gasteiger partial charge in [0.2, 0.25) is 11.6 Å². The van der Waals surface area contributed by atoms with Crippen LogP contribution in [0.3, 0.4) is 0 Å². The zero-order valence-corrected chi connectivity index (χ0v) is 40.1. The Morgan fingerprint density at radius 3 is 1.35 bits per heavy atom. The zero-order chi connectivity index (χ0) is 43.6. The van der Waals surface area contributed by atoms with E-state index in [4.69, 9.17) is 14.1 Å². The number of anilines is 2. The second kappa shape index (κ2) is 42.0. The first-order chi connectivity index (χ1) is 29.5. The highest BCUT2D eigenvalue weighted by atomic mass is 16.6. The number of hydrogen-bond acceptors (Lipinski definition) is 10. The van der Waals surface area contributed by atoms with E-state index in [1.54, 1.807) is 0 Å². The molecule has 0 saturated carbocycles. The number of unbranched alkanes of at least 4 members (excludes halogenated alkanes) is 23. The van der Waals surface area contributed by atoms with Crippen LogP contribution in [0.2, 0.25) is 0 Å². The number of nitrogens with zero attached hydrogens (tertiary/aromatic N) is 3. The molecule has 10 heteroatoms. The van der Waals surface area contributed by atoms with Crippen molar-refractivity contribution in [1.82, 2.24) is 15.2 Å². The van der Waals surface area contributed by atoms with Gasteiger partial charge in [0.25, 0.3) is 0 Å². The van der Waals surface area contributed by atoms with Crippen molar-refractivity contribution in [2.75, 3.05) is 43.9 Å². The van der Waals surface area contributed by atoms with Crippen LogP contribution in [0.25, 0.3) is 0 Å². The van der Waals surface area contributed by atoms with Crippen molar-refractivity contribution in [2.45, 2.75) is 265 Å². The van der Waals surface area contributed by atoms with Gasteiger partial charge in [0.05, 0.1) is 0 Å². The Morgan fingerprint density at radius 2 is 0.883 bits per heavy atom. The maximum absolute atomic E-state index is 12.9. The molecular formula is C50H97N5O5. The van der Waals surface area contributed by atoms with E-state index in [0.717, 1.165) is 103 Å². The number of carbonyl (C=O) groups excluding carboxylic acids is 2. The summed E-state index contributed by atoms with van der Waals surface area (Å²) >= 11 is 0. The third-order valence-electron chi connectivity index (χ3n) is 12.1. The number of nitrogens with one attached hydrogen (secondary N) is 2. The summed E-state index contributed by atoms with van der Waals surface area (Å²) < 4.78 is 16.8. The minimum atomic E-state index is -0.0120. The molecule has 0 radical (unpaired) electrons. The van der Waals surface area contributed by atoms with Crippen molar-refractivity contribution in [3.63, 3.8) is 0 Å². The summed E-state index contributed by atoms with van der Waals surface area (Å²) in [5.41, 5.74) is 0. The SMILES string of the molecule is CCCCCCCCC(CC)OC(=O)CCCCCCCN(CCCCCCCC(=O)OC(CCCCCCCC)CCCCCCCC)CCCNc1nonc1NC. The van der Waals surface area contributed by atoms with Crippen molar-refractivity contribution in [3.05, 3.63) is 0 Å². The highest BCUT2D eigenvalue weighted by Gasteiger charge is 2.15. The fourth-order valence-corrected chi connectivity index (χ4v) is 8.14. The number of ether oxygens (including phenoxy) is 2. The lowest BCUT2D eigenvalue weighted by atomic mass is 10.0. The standard InChI is InChI=1S/C50H97N5O5/c1-6-10-13-16-21-28-36-45(9-4)58-47(56)39-31-24-19-26-33-42-55(44-35-41-52-50-49(51-5)53-60-54-50)43-34-27-20-25-32-40-48(57)59-46(37-29-22-17-14-11-7-2)38-30-23-18-15-12-8-3/h45-46H,6-44H2,1-5H3,(H,51,53)(H,52,54). The third-order valence-corrected chi connectivity index (χ3v) is 12.1. The predicted molar refractivity (Wildman–Crippen MR) is 253 cm³/mol. The molecule has 0 aliphatic rings. The first kappa shape index (κ1) is 55.7. The summed E-state index contributed by atoms with van der Waals surface area (Å²) in [6.45, 7) is 12.9. The summed E-state index contributed by atoms with van der Waals surface area (Å²) in [6, 6.07) is 0. The highest BCUT2D eigenvalue weighted by Crippen LogP contribution is 2.20. The van der Waals surface area contributed by atoms with Crippen molar-refractivity contribution in [3.8, 4) is 0 Å². The van der Waals surface area contributed by atoms with Gasteiger partial charge in [-0.1, -0.05) is 163 Å². The molecule has 60 heavy (non-hydrogen) atoms. The topological polar surface area (TPSA) is 119 Å². The van der Waals surface area contributed by atoms with Gasteiger partial charge in [0.15, 0.2) is 0 Å². The predicted octanol–water partition coefficient (Wildman–Crippen LogP) is 14.4. The molecule has 1 aromatic heterocycles. The van der Waals surface area contributed by atoms with E-state index in [1.807, 2.05) is 7.05 Å². The Kier molecular flexibility index (Phi) is 38.9. The minimum Gasteiger partial charge on any atom is -0.462 e. The lowest BCUT2D eigenvalue weighted by Gasteiger charge is -2.22. The molecule has 0 aliphatic carbocycles. The summed E-state index contributed by atoms with van der Waals surface area (Å²) in [7, 11) is 1.81. The molecular weight excluding hydrogens is 751 g/mol. The van der Waals surface area contributed by atoms with Crippen molar-refractivity contribution in [1.29, 1.82) is 0 Å². The molecule has 1 aromatic rings. The quantitative estimate of drug-likeness (QED) is 0.0485. The Morgan fingerprint density at radius 1 is 0.500 bits per heavy atom. The van der Waals surface area contributed by atoms with Crippen LogP contribution >= 0.6 is 0 Å². The van der Waals surface area contributed by atoms with Crippen molar-refractivity contribution < 1.29 is 23.7 Å². The highest BCUT2D eigenvalue weighted by molar-refractivity contribution is 5.69. The monoisotopic (exact) mass is 848 g/mol. The van der Waals surface area contributed by atoms with Gasteiger partial charge in [0.1, 0.15) is 12.2 Å². The molecule has 2 N–H and O–H groups in total. The first-order valence-electron chi connectivity index (χ1n) is 25.8. The van der Waals surface area contributed by atoms with Gasteiger partial charge in [-0.05, 0) is 107 Å². The van der Waals surface area contributed by atoms with Crippen LogP contribution in [-0.4, -0.2) is 72.6 Å². The summed E-state index contributed by atoms with van der Waals surface area (Å²) in [5.74, 6) is 1.30. The number of rotatable bonds is 46. The fraction of sp³-hybridized carbons (Fsp3) is 0.920. The maximum atomic E-state index is 12.9. The lowest BCUT2D eigenvalue weighted by molar-refractivity contribution is -0.150. The summed E-state index contributed by atoms with van der Waals surface area (Å²) in [5, 5.41) is 14.2. The van der Waals surface area contributed by atoms with Gasteiger partial charge in [0, 0.05) is 26.4 Å². The van der Waals surface area contributed by atoms with Crippen LogP contribution < -0.4 is 10.6 Å². The number of hydrogen-bond donors (Lipinski definition) is 2. The molecule has 0 spiro atoms. The van der Waals surface area contributed by atoms with Gasteiger partial charge in [-0.25, -0.2) is 4.63 Å². The maximum Gasteiger partial charge on any atom is 0.306 e. The number of aromatic nitrogens is 2. The number of esters is 2. The van der Waals surface area contributed by atoms with Crippen molar-refractivity contribution >= 4 is 23.6 Å².